The van der Waals surface area contributed by atoms with E-state index in [2.05, 4.69) is 0 Å². The molecule has 1 aliphatic rings. The minimum Gasteiger partial charge on any atom is -0.299 e. The van der Waals surface area contributed by atoms with E-state index in [1.165, 1.54) is 19.0 Å². The number of likely N-dealkylation sites (N-methyl/N-ethyl adjacent to an activating group) is 1. The maximum Gasteiger partial charge on any atom is 0.408 e. The van der Waals surface area contributed by atoms with Gasteiger partial charge in [0, 0.05) is 19.1 Å². The molecule has 0 aromatic rings. The topological polar surface area (TPSA) is 6.48 Å². The number of rotatable bonds is 2. The van der Waals surface area contributed by atoms with Gasteiger partial charge in [-0.2, -0.15) is 13.2 Å². The van der Waals surface area contributed by atoms with Crippen LogP contribution in [0.4, 0.5) is 13.2 Å². The summed E-state index contributed by atoms with van der Waals surface area (Å²) in [6, 6.07) is 0.175. The van der Waals surface area contributed by atoms with Crippen molar-refractivity contribution in [3.63, 3.8) is 0 Å². The van der Waals surface area contributed by atoms with E-state index in [-0.39, 0.29) is 19.0 Å². The Morgan fingerprint density at radius 3 is 2.00 bits per heavy atom. The van der Waals surface area contributed by atoms with Crippen molar-refractivity contribution in [3.8, 4) is 0 Å². The lowest BCUT2D eigenvalue weighted by atomic mass is 9.96. The van der Waals surface area contributed by atoms with Crippen LogP contribution in [-0.4, -0.2) is 54.7 Å². The molecule has 1 atom stereocenters. The van der Waals surface area contributed by atoms with Crippen molar-refractivity contribution < 1.29 is 13.2 Å². The van der Waals surface area contributed by atoms with Gasteiger partial charge in [-0.15, -0.1) is 0 Å². The summed E-state index contributed by atoms with van der Waals surface area (Å²) >= 11 is 0. The Labute approximate surface area is 89.0 Å². The standard InChI is InChI=1S/C10H19F3N2/c1-8(2)15-6-5-9(7-15,14(3)4)10(11,12)13/h8H,5-7H2,1-4H3. The van der Waals surface area contributed by atoms with Gasteiger partial charge in [0.2, 0.25) is 0 Å². The highest BCUT2D eigenvalue weighted by Crippen LogP contribution is 2.41. The van der Waals surface area contributed by atoms with Gasteiger partial charge in [-0.25, -0.2) is 0 Å². The van der Waals surface area contributed by atoms with Crippen molar-refractivity contribution in [1.82, 2.24) is 9.80 Å². The lowest BCUT2D eigenvalue weighted by molar-refractivity contribution is -0.220. The summed E-state index contributed by atoms with van der Waals surface area (Å²) in [4.78, 5) is 3.20. The van der Waals surface area contributed by atoms with E-state index in [9.17, 15) is 13.2 Å². The molecule has 1 fully saturated rings. The summed E-state index contributed by atoms with van der Waals surface area (Å²) in [6.07, 6.45) is -3.98. The first-order valence-electron chi connectivity index (χ1n) is 5.19. The highest BCUT2D eigenvalue weighted by molar-refractivity contribution is 5.03. The monoisotopic (exact) mass is 224 g/mol. The van der Waals surface area contributed by atoms with E-state index in [1.807, 2.05) is 18.7 Å². The smallest absolute Gasteiger partial charge is 0.299 e. The molecule has 0 spiro atoms. The van der Waals surface area contributed by atoms with Crippen LogP contribution in [0, 0.1) is 0 Å². The highest BCUT2D eigenvalue weighted by atomic mass is 19.4. The quantitative estimate of drug-likeness (QED) is 0.707. The van der Waals surface area contributed by atoms with Gasteiger partial charge in [-0.3, -0.25) is 9.80 Å². The number of hydrogen-bond donors (Lipinski definition) is 0. The molecule has 2 nitrogen and oxygen atoms in total. The van der Waals surface area contributed by atoms with Crippen LogP contribution in [0.3, 0.4) is 0 Å². The summed E-state index contributed by atoms with van der Waals surface area (Å²) in [5.41, 5.74) is -1.66. The lowest BCUT2D eigenvalue weighted by Crippen LogP contribution is -2.57. The number of halogens is 3. The molecule has 0 N–H and O–H groups in total. The van der Waals surface area contributed by atoms with Crippen LogP contribution in [0.2, 0.25) is 0 Å². The molecule has 0 saturated carbocycles. The van der Waals surface area contributed by atoms with Gasteiger partial charge in [0.1, 0.15) is 5.54 Å². The van der Waals surface area contributed by atoms with Crippen molar-refractivity contribution >= 4 is 0 Å². The number of likely N-dealkylation sites (tertiary alicyclic amines) is 1. The molecule has 1 rings (SSSR count). The zero-order valence-corrected chi connectivity index (χ0v) is 9.73. The molecule has 0 aromatic heterocycles. The fraction of sp³-hybridized carbons (Fsp3) is 1.00. The van der Waals surface area contributed by atoms with Crippen molar-refractivity contribution in [1.29, 1.82) is 0 Å². The average Bonchev–Trinajstić information content (AvgIpc) is 2.46. The van der Waals surface area contributed by atoms with Crippen molar-refractivity contribution in [3.05, 3.63) is 0 Å². The molecule has 1 aliphatic heterocycles. The van der Waals surface area contributed by atoms with E-state index in [0.717, 1.165) is 0 Å². The van der Waals surface area contributed by atoms with Crippen LogP contribution in [0.5, 0.6) is 0 Å². The summed E-state index contributed by atoms with van der Waals surface area (Å²) in [7, 11) is 3.02. The first-order chi connectivity index (χ1) is 6.71. The van der Waals surface area contributed by atoms with Gasteiger partial charge in [0.25, 0.3) is 0 Å². The van der Waals surface area contributed by atoms with Crippen LogP contribution in [-0.2, 0) is 0 Å². The molecule has 90 valence electrons. The second-order valence-corrected chi connectivity index (χ2v) is 4.74. The predicted octanol–water partition coefficient (Wildman–Crippen LogP) is 1.96. The largest absolute Gasteiger partial charge is 0.408 e. The third-order valence-electron chi connectivity index (χ3n) is 3.39. The minimum atomic E-state index is -4.15. The fourth-order valence-corrected chi connectivity index (χ4v) is 2.11. The molecule has 1 heterocycles. The van der Waals surface area contributed by atoms with Gasteiger partial charge in [0.15, 0.2) is 0 Å². The number of nitrogens with zero attached hydrogens (tertiary/aromatic N) is 2. The Balaban J connectivity index is 2.89. The van der Waals surface area contributed by atoms with Gasteiger partial charge >= 0.3 is 6.18 Å². The van der Waals surface area contributed by atoms with Gasteiger partial charge < -0.3 is 0 Å². The van der Waals surface area contributed by atoms with Crippen molar-refractivity contribution in [2.24, 2.45) is 0 Å². The third-order valence-corrected chi connectivity index (χ3v) is 3.39. The van der Waals surface area contributed by atoms with Gasteiger partial charge in [-0.1, -0.05) is 0 Å². The molecule has 1 unspecified atom stereocenters. The lowest BCUT2D eigenvalue weighted by Gasteiger charge is -2.38. The van der Waals surface area contributed by atoms with Crippen LogP contribution < -0.4 is 0 Å². The highest BCUT2D eigenvalue weighted by Gasteiger charge is 2.59. The van der Waals surface area contributed by atoms with Crippen molar-refractivity contribution in [2.45, 2.75) is 38.0 Å². The summed E-state index contributed by atoms with van der Waals surface area (Å²) in [5.74, 6) is 0. The maximum atomic E-state index is 13.0. The average molecular weight is 224 g/mol. The van der Waals surface area contributed by atoms with E-state index >= 15 is 0 Å². The first-order valence-corrected chi connectivity index (χ1v) is 5.19. The molecule has 1 saturated heterocycles. The number of hydrogen-bond acceptors (Lipinski definition) is 2. The SMILES string of the molecule is CC(C)N1CCC(N(C)C)(C(F)(F)F)C1. The Kier molecular flexibility index (Phi) is 3.36. The second kappa shape index (κ2) is 3.94. The molecule has 0 bridgehead atoms. The molecule has 15 heavy (non-hydrogen) atoms. The van der Waals surface area contributed by atoms with Crippen LogP contribution in [0.15, 0.2) is 0 Å². The Morgan fingerprint density at radius 2 is 1.80 bits per heavy atom. The first kappa shape index (κ1) is 12.8. The summed E-state index contributed by atoms with van der Waals surface area (Å²) < 4.78 is 39.1. The zero-order chi connectivity index (χ0) is 11.9. The predicted molar refractivity (Wildman–Crippen MR) is 53.8 cm³/mol. The van der Waals surface area contributed by atoms with E-state index in [4.69, 9.17) is 0 Å². The third kappa shape index (κ3) is 2.13. The Hall–Kier alpha value is -0.290. The zero-order valence-electron chi connectivity index (χ0n) is 9.73. The number of alkyl halides is 3. The van der Waals surface area contributed by atoms with E-state index in [0.29, 0.717) is 6.54 Å². The fourth-order valence-electron chi connectivity index (χ4n) is 2.11. The Bertz CT molecular complexity index is 225. The van der Waals surface area contributed by atoms with Gasteiger partial charge in [-0.05, 0) is 34.4 Å². The molecule has 0 radical (unpaired) electrons. The summed E-state index contributed by atoms with van der Waals surface area (Å²) in [5, 5.41) is 0. The minimum absolute atomic E-state index is 0.0845. The van der Waals surface area contributed by atoms with Gasteiger partial charge in [0.05, 0.1) is 0 Å². The van der Waals surface area contributed by atoms with Crippen LogP contribution in [0.25, 0.3) is 0 Å². The Morgan fingerprint density at radius 1 is 1.27 bits per heavy atom. The molecule has 0 aliphatic carbocycles. The molecule has 5 heteroatoms. The molecule has 0 aromatic carbocycles. The molecule has 0 amide bonds. The van der Waals surface area contributed by atoms with Crippen molar-refractivity contribution in [2.75, 3.05) is 27.2 Å². The normalized spacial score (nSPS) is 29.4. The molecular weight excluding hydrogens is 205 g/mol. The maximum absolute atomic E-state index is 13.0. The molecular formula is C10H19F3N2. The van der Waals surface area contributed by atoms with E-state index in [1.54, 1.807) is 0 Å². The van der Waals surface area contributed by atoms with E-state index < -0.39 is 11.7 Å². The second-order valence-electron chi connectivity index (χ2n) is 4.74. The van der Waals surface area contributed by atoms with Crippen LogP contribution >= 0.6 is 0 Å². The summed E-state index contributed by atoms with van der Waals surface area (Å²) in [6.45, 7) is 4.47. The van der Waals surface area contributed by atoms with Crippen LogP contribution in [0.1, 0.15) is 20.3 Å².